The summed E-state index contributed by atoms with van der Waals surface area (Å²) in [6, 6.07) is 10.4. The van der Waals surface area contributed by atoms with Gasteiger partial charge >= 0.3 is 12.3 Å². The van der Waals surface area contributed by atoms with Gasteiger partial charge in [-0.3, -0.25) is 4.79 Å². The zero-order chi connectivity index (χ0) is 19.4. The Labute approximate surface area is 150 Å². The van der Waals surface area contributed by atoms with Crippen LogP contribution in [0, 0.1) is 0 Å². The first kappa shape index (κ1) is 19.4. The highest BCUT2D eigenvalue weighted by molar-refractivity contribution is 6.30. The van der Waals surface area contributed by atoms with E-state index in [2.05, 4.69) is 14.8 Å². The smallest absolute Gasteiger partial charge is 0.481 e. The van der Waals surface area contributed by atoms with Crippen LogP contribution in [0.15, 0.2) is 53.6 Å². The molecule has 0 heterocycles. The van der Waals surface area contributed by atoms with Crippen molar-refractivity contribution in [3.8, 4) is 5.75 Å². The van der Waals surface area contributed by atoms with Crippen molar-refractivity contribution in [1.29, 1.82) is 0 Å². The molecule has 0 aliphatic heterocycles. The van der Waals surface area contributed by atoms with Crippen molar-refractivity contribution < 1.29 is 27.8 Å². The summed E-state index contributed by atoms with van der Waals surface area (Å²) in [5, 5.41) is 13.3. The lowest BCUT2D eigenvalue weighted by Gasteiger charge is -2.29. The van der Waals surface area contributed by atoms with Gasteiger partial charge in [0.1, 0.15) is 11.3 Å². The van der Waals surface area contributed by atoms with Crippen LogP contribution < -0.4 is 4.74 Å². The van der Waals surface area contributed by atoms with Crippen molar-refractivity contribution >= 4 is 17.6 Å². The Morgan fingerprint density at radius 2 is 1.85 bits per heavy atom. The van der Waals surface area contributed by atoms with E-state index in [0.29, 0.717) is 5.02 Å². The van der Waals surface area contributed by atoms with Gasteiger partial charge in [0.05, 0.1) is 6.42 Å². The minimum atomic E-state index is -4.92. The Kier molecular flexibility index (Phi) is 5.64. The van der Waals surface area contributed by atoms with Gasteiger partial charge < -0.3 is 9.84 Å². The van der Waals surface area contributed by atoms with Gasteiger partial charge in [-0.2, -0.15) is 0 Å². The molecular weight excluding hydrogens is 375 g/mol. The molecule has 26 heavy (non-hydrogen) atoms. The molecule has 6 nitrogen and oxygen atoms in total. The van der Waals surface area contributed by atoms with Crippen molar-refractivity contribution in [2.45, 2.75) is 18.3 Å². The molecule has 0 amide bonds. The van der Waals surface area contributed by atoms with E-state index in [1.54, 1.807) is 0 Å². The second kappa shape index (κ2) is 7.55. The molecule has 2 rings (SSSR count). The number of azide groups is 1. The second-order valence-electron chi connectivity index (χ2n) is 5.20. The Hall–Kier alpha value is -2.90. The van der Waals surface area contributed by atoms with Crippen LogP contribution in [-0.4, -0.2) is 17.4 Å². The Bertz CT molecular complexity index is 852. The van der Waals surface area contributed by atoms with Crippen molar-refractivity contribution in [2.75, 3.05) is 0 Å². The predicted molar refractivity (Wildman–Crippen MR) is 86.8 cm³/mol. The summed E-state index contributed by atoms with van der Waals surface area (Å²) >= 11 is 5.82. The number of carboxylic acids is 1. The van der Waals surface area contributed by atoms with Gasteiger partial charge in [0.2, 0.25) is 0 Å². The van der Waals surface area contributed by atoms with Crippen molar-refractivity contribution in [2.24, 2.45) is 5.11 Å². The number of carbonyl (C=O) groups is 1. The van der Waals surface area contributed by atoms with Gasteiger partial charge in [-0.1, -0.05) is 41.0 Å². The first-order valence-corrected chi connectivity index (χ1v) is 7.44. The summed E-state index contributed by atoms with van der Waals surface area (Å²) in [6.45, 7) is 0. The van der Waals surface area contributed by atoms with Crippen LogP contribution in [0.3, 0.4) is 0 Å². The normalized spacial score (nSPS) is 13.4. The predicted octanol–water partition coefficient (Wildman–Crippen LogP) is 5.27. The topological polar surface area (TPSA) is 95.3 Å². The number of alkyl halides is 3. The molecule has 0 fully saturated rings. The molecule has 10 heteroatoms. The maximum absolute atomic E-state index is 12.5. The van der Waals surface area contributed by atoms with E-state index >= 15 is 0 Å². The summed E-state index contributed by atoms with van der Waals surface area (Å²) in [7, 11) is 0. The first-order valence-electron chi connectivity index (χ1n) is 7.07. The van der Waals surface area contributed by atoms with Crippen LogP contribution >= 0.6 is 11.6 Å². The third-order valence-electron chi connectivity index (χ3n) is 3.49. The average molecular weight is 386 g/mol. The Morgan fingerprint density at radius 1 is 1.19 bits per heavy atom. The van der Waals surface area contributed by atoms with E-state index in [9.17, 15) is 23.1 Å². The highest BCUT2D eigenvalue weighted by atomic mass is 35.5. The SMILES string of the molecule is [N-]=[N+]=NC(CC(=O)O)(c1ccc(Cl)cc1)c1cccc(OC(F)(F)F)c1. The maximum atomic E-state index is 12.5. The van der Waals surface area contributed by atoms with E-state index < -0.39 is 30.0 Å². The minimum Gasteiger partial charge on any atom is -0.481 e. The molecule has 1 atom stereocenters. The van der Waals surface area contributed by atoms with Gasteiger partial charge in [-0.05, 0) is 40.9 Å². The molecule has 0 radical (unpaired) electrons. The quantitative estimate of drug-likeness (QED) is 0.417. The lowest BCUT2D eigenvalue weighted by Crippen LogP contribution is -2.28. The zero-order valence-electron chi connectivity index (χ0n) is 12.9. The molecule has 0 saturated heterocycles. The van der Waals surface area contributed by atoms with Gasteiger partial charge in [0.25, 0.3) is 0 Å². The minimum absolute atomic E-state index is 0.0294. The molecule has 0 aliphatic carbocycles. The molecule has 0 bridgehead atoms. The second-order valence-corrected chi connectivity index (χ2v) is 5.64. The van der Waals surface area contributed by atoms with Gasteiger partial charge in [0.15, 0.2) is 0 Å². The largest absolute Gasteiger partial charge is 0.573 e. The molecule has 136 valence electrons. The van der Waals surface area contributed by atoms with Crippen molar-refractivity contribution in [3.63, 3.8) is 0 Å². The molecule has 2 aromatic carbocycles. The summed E-state index contributed by atoms with van der Waals surface area (Å²) < 4.78 is 41.3. The van der Waals surface area contributed by atoms with E-state index in [4.69, 9.17) is 17.1 Å². The van der Waals surface area contributed by atoms with E-state index in [1.807, 2.05) is 0 Å². The summed E-state index contributed by atoms with van der Waals surface area (Å²) in [6.07, 6.45) is -5.61. The van der Waals surface area contributed by atoms with E-state index in [-0.39, 0.29) is 11.1 Å². The summed E-state index contributed by atoms with van der Waals surface area (Å²) in [5.41, 5.74) is 7.48. The standard InChI is InChI=1S/C16H11ClF3N3O3/c17-12-6-4-10(5-7-12)15(22-23-21,9-14(24)25)11-2-1-3-13(8-11)26-16(18,19)20/h1-8H,9H2,(H,24,25). The molecule has 1 unspecified atom stereocenters. The number of aliphatic carboxylic acids is 1. The average Bonchev–Trinajstić information content (AvgIpc) is 2.53. The van der Waals surface area contributed by atoms with Gasteiger partial charge in [0, 0.05) is 9.93 Å². The monoisotopic (exact) mass is 385 g/mol. The highest BCUT2D eigenvalue weighted by Crippen LogP contribution is 2.40. The highest BCUT2D eigenvalue weighted by Gasteiger charge is 2.37. The number of hydrogen-bond donors (Lipinski definition) is 1. The number of rotatable bonds is 6. The number of nitrogens with zero attached hydrogens (tertiary/aromatic N) is 3. The van der Waals surface area contributed by atoms with Crippen LogP contribution in [0.25, 0.3) is 10.4 Å². The molecule has 0 spiro atoms. The zero-order valence-corrected chi connectivity index (χ0v) is 13.7. The molecule has 1 N–H and O–H groups in total. The van der Waals surface area contributed by atoms with Gasteiger partial charge in [-0.25, -0.2) is 0 Å². The van der Waals surface area contributed by atoms with E-state index in [0.717, 1.165) is 12.1 Å². The van der Waals surface area contributed by atoms with Crippen LogP contribution in [0.4, 0.5) is 13.2 Å². The molecule has 0 saturated carbocycles. The fraction of sp³-hybridized carbons (Fsp3) is 0.188. The summed E-state index contributed by atoms with van der Waals surface area (Å²) in [5.74, 6) is -1.87. The lowest BCUT2D eigenvalue weighted by molar-refractivity contribution is -0.274. The van der Waals surface area contributed by atoms with Crippen LogP contribution in [0.5, 0.6) is 5.75 Å². The van der Waals surface area contributed by atoms with Crippen molar-refractivity contribution in [3.05, 3.63) is 75.1 Å². The van der Waals surface area contributed by atoms with Crippen LogP contribution in [0.2, 0.25) is 5.02 Å². The van der Waals surface area contributed by atoms with E-state index in [1.165, 1.54) is 36.4 Å². The first-order chi connectivity index (χ1) is 12.2. The molecular formula is C16H11ClF3N3O3. The number of benzene rings is 2. The number of hydrogen-bond acceptors (Lipinski definition) is 3. The fourth-order valence-corrected chi connectivity index (χ4v) is 2.62. The van der Waals surface area contributed by atoms with Crippen LogP contribution in [-0.2, 0) is 10.3 Å². The Balaban J connectivity index is 2.67. The van der Waals surface area contributed by atoms with Crippen LogP contribution in [0.1, 0.15) is 17.5 Å². The Morgan fingerprint density at radius 3 is 2.38 bits per heavy atom. The fourth-order valence-electron chi connectivity index (χ4n) is 2.49. The lowest BCUT2D eigenvalue weighted by atomic mass is 9.81. The molecule has 2 aromatic rings. The number of carboxylic acid groups (broad SMARTS) is 1. The summed E-state index contributed by atoms with van der Waals surface area (Å²) in [4.78, 5) is 14.1. The van der Waals surface area contributed by atoms with Crippen molar-refractivity contribution in [1.82, 2.24) is 0 Å². The molecule has 0 aromatic heterocycles. The third-order valence-corrected chi connectivity index (χ3v) is 3.74. The molecule has 0 aliphatic rings. The maximum Gasteiger partial charge on any atom is 0.573 e. The number of ether oxygens (including phenoxy) is 1. The van der Waals surface area contributed by atoms with Gasteiger partial charge in [-0.15, -0.1) is 13.2 Å². The third kappa shape index (κ3) is 4.59. The number of halogens is 4.